The van der Waals surface area contributed by atoms with Crippen molar-refractivity contribution in [1.82, 2.24) is 9.38 Å². The summed E-state index contributed by atoms with van der Waals surface area (Å²) in [6.45, 7) is 1.97. The van der Waals surface area contributed by atoms with Crippen LogP contribution < -0.4 is 4.74 Å². The van der Waals surface area contributed by atoms with Crippen LogP contribution in [-0.2, 0) is 0 Å². The number of thiophene rings is 1. The summed E-state index contributed by atoms with van der Waals surface area (Å²) in [6, 6.07) is 8.31. The molecule has 29 heavy (non-hydrogen) atoms. The van der Waals surface area contributed by atoms with Crippen LogP contribution in [0.25, 0.3) is 22.3 Å². The maximum atomic E-state index is 12.4. The minimum absolute atomic E-state index is 0.103. The number of fused-ring (bicyclic) bond motifs is 1. The molecule has 3 aromatic heterocycles. The Labute approximate surface area is 173 Å². The highest BCUT2D eigenvalue weighted by Crippen LogP contribution is 2.35. The molecule has 1 aromatic carbocycles. The fourth-order valence-electron chi connectivity index (χ4n) is 2.98. The molecule has 146 valence electrons. The van der Waals surface area contributed by atoms with Crippen molar-refractivity contribution in [1.29, 1.82) is 0 Å². The molecule has 0 spiro atoms. The van der Waals surface area contributed by atoms with Gasteiger partial charge in [-0.3, -0.25) is 19.3 Å². The lowest BCUT2D eigenvalue weighted by atomic mass is 10.1. The van der Waals surface area contributed by atoms with Gasteiger partial charge in [0.15, 0.2) is 16.5 Å². The molecule has 0 unspecified atom stereocenters. The SMILES string of the molecule is COc1ccc(-c2nc3sc(C)cn3c2C=CC(=O)c2cccs2)cc1[N+](=O)[O-]. The molecule has 0 atom stereocenters. The largest absolute Gasteiger partial charge is 0.490 e. The molecule has 0 aliphatic rings. The number of allylic oxidation sites excluding steroid dienone is 1. The fraction of sp³-hybridized carbons (Fsp3) is 0.100. The zero-order chi connectivity index (χ0) is 20.5. The van der Waals surface area contributed by atoms with Gasteiger partial charge in [-0.2, -0.15) is 0 Å². The van der Waals surface area contributed by atoms with Crippen LogP contribution in [0.1, 0.15) is 20.2 Å². The number of carbonyl (C=O) groups excluding carboxylic acids is 1. The summed E-state index contributed by atoms with van der Waals surface area (Å²) in [5, 5.41) is 13.3. The fourth-order valence-corrected chi connectivity index (χ4v) is 4.46. The van der Waals surface area contributed by atoms with Crippen molar-refractivity contribution < 1.29 is 14.5 Å². The van der Waals surface area contributed by atoms with E-state index in [0.29, 0.717) is 21.8 Å². The van der Waals surface area contributed by atoms with E-state index in [2.05, 4.69) is 4.98 Å². The first kappa shape index (κ1) is 19.0. The van der Waals surface area contributed by atoms with E-state index in [-0.39, 0.29) is 17.2 Å². The van der Waals surface area contributed by atoms with Crippen LogP contribution in [0.3, 0.4) is 0 Å². The van der Waals surface area contributed by atoms with E-state index in [9.17, 15) is 14.9 Å². The van der Waals surface area contributed by atoms with Gasteiger partial charge < -0.3 is 4.74 Å². The Bertz CT molecular complexity index is 1250. The van der Waals surface area contributed by atoms with Gasteiger partial charge >= 0.3 is 5.69 Å². The van der Waals surface area contributed by atoms with E-state index >= 15 is 0 Å². The highest BCUT2D eigenvalue weighted by atomic mass is 32.1. The van der Waals surface area contributed by atoms with Crippen molar-refractivity contribution in [2.75, 3.05) is 7.11 Å². The summed E-state index contributed by atoms with van der Waals surface area (Å²) in [5.74, 6) is 0.0779. The molecule has 0 bridgehead atoms. The minimum Gasteiger partial charge on any atom is -0.490 e. The number of benzene rings is 1. The molecule has 0 amide bonds. The van der Waals surface area contributed by atoms with E-state index in [1.807, 2.05) is 29.0 Å². The lowest BCUT2D eigenvalue weighted by Crippen LogP contribution is -1.95. The number of aryl methyl sites for hydroxylation is 1. The maximum Gasteiger partial charge on any atom is 0.311 e. The lowest BCUT2D eigenvalue weighted by molar-refractivity contribution is -0.385. The molecule has 0 radical (unpaired) electrons. The first-order valence-electron chi connectivity index (χ1n) is 8.55. The Kier molecular flexibility index (Phi) is 4.99. The lowest BCUT2D eigenvalue weighted by Gasteiger charge is -2.04. The Morgan fingerprint density at radius 3 is 2.86 bits per heavy atom. The molecular formula is C20H15N3O4S2. The predicted octanol–water partition coefficient (Wildman–Crippen LogP) is 5.25. The van der Waals surface area contributed by atoms with Crippen molar-refractivity contribution in [3.63, 3.8) is 0 Å². The summed E-state index contributed by atoms with van der Waals surface area (Å²) in [5.41, 5.74) is 1.70. The Hall–Kier alpha value is -3.30. The van der Waals surface area contributed by atoms with Crippen molar-refractivity contribution in [2.24, 2.45) is 0 Å². The molecule has 0 fully saturated rings. The molecule has 0 N–H and O–H groups in total. The molecular weight excluding hydrogens is 410 g/mol. The van der Waals surface area contributed by atoms with Gasteiger partial charge in [0.2, 0.25) is 0 Å². The van der Waals surface area contributed by atoms with E-state index in [4.69, 9.17) is 4.74 Å². The number of rotatable bonds is 6. The van der Waals surface area contributed by atoms with Crippen LogP contribution in [-0.4, -0.2) is 27.2 Å². The van der Waals surface area contributed by atoms with Gasteiger partial charge in [-0.15, -0.1) is 22.7 Å². The zero-order valence-electron chi connectivity index (χ0n) is 15.5. The van der Waals surface area contributed by atoms with Crippen LogP contribution in [0, 0.1) is 17.0 Å². The van der Waals surface area contributed by atoms with E-state index < -0.39 is 4.92 Å². The second-order valence-corrected chi connectivity index (χ2v) is 8.32. The number of nitro groups is 1. The number of hydrogen-bond acceptors (Lipinski definition) is 7. The number of nitro benzene ring substituents is 1. The second kappa shape index (κ2) is 7.61. The Balaban J connectivity index is 1.84. The summed E-state index contributed by atoms with van der Waals surface area (Å²) < 4.78 is 6.98. The van der Waals surface area contributed by atoms with E-state index in [1.165, 1.54) is 41.9 Å². The predicted molar refractivity (Wildman–Crippen MR) is 114 cm³/mol. The quantitative estimate of drug-likeness (QED) is 0.182. The second-order valence-electron chi connectivity index (χ2n) is 6.16. The molecule has 7 nitrogen and oxygen atoms in total. The number of nitrogens with zero attached hydrogens (tertiary/aromatic N) is 3. The summed E-state index contributed by atoms with van der Waals surface area (Å²) in [4.78, 5) is 30.4. The van der Waals surface area contributed by atoms with Gasteiger partial charge in [-0.25, -0.2) is 4.98 Å². The average molecular weight is 425 g/mol. The standard InChI is InChI=1S/C20H15N3O4S2/c1-12-11-22-14(6-7-16(24)18-4-3-9-28-18)19(21-20(22)29-12)13-5-8-17(27-2)15(10-13)23(25)26/h3-11H,1-2H3. The third-order valence-corrected chi connectivity index (χ3v) is 6.07. The third-order valence-electron chi connectivity index (χ3n) is 4.28. The molecule has 4 rings (SSSR count). The number of aromatic nitrogens is 2. The molecule has 3 heterocycles. The van der Waals surface area contributed by atoms with Gasteiger partial charge in [0.25, 0.3) is 0 Å². The smallest absolute Gasteiger partial charge is 0.311 e. The summed E-state index contributed by atoms with van der Waals surface area (Å²) in [7, 11) is 1.39. The Morgan fingerprint density at radius 1 is 1.34 bits per heavy atom. The number of carbonyl (C=O) groups is 1. The van der Waals surface area contributed by atoms with Crippen molar-refractivity contribution in [2.45, 2.75) is 6.92 Å². The van der Waals surface area contributed by atoms with Gasteiger partial charge in [0.1, 0.15) is 0 Å². The number of thiazole rings is 1. The third kappa shape index (κ3) is 3.57. The van der Waals surface area contributed by atoms with Gasteiger partial charge in [0.05, 0.1) is 28.3 Å². The van der Waals surface area contributed by atoms with E-state index in [0.717, 1.165) is 9.84 Å². The van der Waals surface area contributed by atoms with Gasteiger partial charge in [0, 0.05) is 22.7 Å². The van der Waals surface area contributed by atoms with Crippen LogP contribution in [0.2, 0.25) is 0 Å². The van der Waals surface area contributed by atoms with Crippen molar-refractivity contribution >= 4 is 45.2 Å². The van der Waals surface area contributed by atoms with Gasteiger partial charge in [-0.05, 0) is 42.7 Å². The summed E-state index contributed by atoms with van der Waals surface area (Å²) in [6.07, 6.45) is 5.15. The normalized spacial score (nSPS) is 11.4. The molecule has 0 aliphatic heterocycles. The highest BCUT2D eigenvalue weighted by molar-refractivity contribution is 7.17. The highest BCUT2D eigenvalue weighted by Gasteiger charge is 2.20. The monoisotopic (exact) mass is 425 g/mol. The topological polar surface area (TPSA) is 86.7 Å². The summed E-state index contributed by atoms with van der Waals surface area (Å²) >= 11 is 2.88. The minimum atomic E-state index is -0.485. The van der Waals surface area contributed by atoms with Crippen LogP contribution in [0.5, 0.6) is 5.75 Å². The molecule has 4 aromatic rings. The Morgan fingerprint density at radius 2 is 2.17 bits per heavy atom. The van der Waals surface area contributed by atoms with Crippen molar-refractivity contribution in [3.05, 3.63) is 73.5 Å². The number of ketones is 1. The zero-order valence-corrected chi connectivity index (χ0v) is 17.1. The van der Waals surface area contributed by atoms with Crippen LogP contribution >= 0.6 is 22.7 Å². The number of ether oxygens (including phenoxy) is 1. The number of imidazole rings is 1. The van der Waals surface area contributed by atoms with Crippen LogP contribution in [0.4, 0.5) is 5.69 Å². The molecule has 0 saturated carbocycles. The molecule has 0 saturated heterocycles. The molecule has 9 heteroatoms. The number of methoxy groups -OCH3 is 1. The molecule has 0 aliphatic carbocycles. The van der Waals surface area contributed by atoms with E-state index in [1.54, 1.807) is 24.3 Å². The van der Waals surface area contributed by atoms with Crippen LogP contribution in [0.15, 0.2) is 48.0 Å². The van der Waals surface area contributed by atoms with Gasteiger partial charge in [-0.1, -0.05) is 6.07 Å². The first-order chi connectivity index (χ1) is 14.0. The average Bonchev–Trinajstić information content (AvgIpc) is 3.42. The maximum absolute atomic E-state index is 12.4. The van der Waals surface area contributed by atoms with Crippen molar-refractivity contribution in [3.8, 4) is 17.0 Å². The first-order valence-corrected chi connectivity index (χ1v) is 10.2. The number of hydrogen-bond donors (Lipinski definition) is 0.